The first kappa shape index (κ1) is 12.0. The Kier molecular flexibility index (Phi) is 3.50. The quantitative estimate of drug-likeness (QED) is 0.782. The summed E-state index contributed by atoms with van der Waals surface area (Å²) in [5, 5.41) is 9.43. The van der Waals surface area contributed by atoms with Gasteiger partial charge in [-0.25, -0.2) is 4.79 Å². The number of pyridine rings is 1. The Morgan fingerprint density at radius 1 is 1.62 bits per heavy atom. The van der Waals surface area contributed by atoms with Crippen molar-refractivity contribution in [2.24, 2.45) is 0 Å². The van der Waals surface area contributed by atoms with Crippen molar-refractivity contribution in [1.29, 1.82) is 0 Å². The van der Waals surface area contributed by atoms with Gasteiger partial charge in [-0.3, -0.25) is 9.36 Å². The van der Waals surface area contributed by atoms with Crippen LogP contribution in [0.3, 0.4) is 0 Å². The summed E-state index contributed by atoms with van der Waals surface area (Å²) in [4.78, 5) is 22.8. The zero-order valence-corrected chi connectivity index (χ0v) is 9.19. The van der Waals surface area contributed by atoms with E-state index in [9.17, 15) is 14.7 Å². The number of rotatable bonds is 3. The highest BCUT2D eigenvalue weighted by Gasteiger charge is 2.14. The molecule has 0 radical (unpaired) electrons. The van der Waals surface area contributed by atoms with Crippen LogP contribution in [0.2, 0.25) is 0 Å². The summed E-state index contributed by atoms with van der Waals surface area (Å²) in [5.74, 6) is -1.09. The molecule has 16 heavy (non-hydrogen) atoms. The standard InChI is InChI=1S/C11H13NO4/c1-4-7(2)12-6-8(11(15)16-3)9(13)5-10(12)14/h5-6,13H,2,4H2,1,3H3. The van der Waals surface area contributed by atoms with E-state index in [0.29, 0.717) is 12.1 Å². The number of aromatic hydroxyl groups is 1. The lowest BCUT2D eigenvalue weighted by Gasteiger charge is -2.09. The second-order valence-electron chi connectivity index (χ2n) is 3.19. The average molecular weight is 223 g/mol. The lowest BCUT2D eigenvalue weighted by molar-refractivity contribution is 0.0596. The average Bonchev–Trinajstić information content (AvgIpc) is 2.27. The minimum absolute atomic E-state index is 0.0586. The molecule has 0 saturated heterocycles. The van der Waals surface area contributed by atoms with Crippen molar-refractivity contribution in [2.75, 3.05) is 7.11 Å². The number of carbonyl (C=O) groups is 1. The third-order valence-corrected chi connectivity index (χ3v) is 2.19. The van der Waals surface area contributed by atoms with Crippen LogP contribution in [0.25, 0.3) is 5.70 Å². The minimum atomic E-state index is -0.699. The van der Waals surface area contributed by atoms with E-state index in [2.05, 4.69) is 11.3 Å². The van der Waals surface area contributed by atoms with Gasteiger partial charge in [-0.1, -0.05) is 13.5 Å². The lowest BCUT2D eigenvalue weighted by Crippen LogP contribution is -2.19. The van der Waals surface area contributed by atoms with Crippen molar-refractivity contribution in [2.45, 2.75) is 13.3 Å². The van der Waals surface area contributed by atoms with Gasteiger partial charge in [-0.05, 0) is 6.42 Å². The Labute approximate surface area is 92.6 Å². The van der Waals surface area contributed by atoms with E-state index in [1.807, 2.05) is 6.92 Å². The number of hydrogen-bond donors (Lipinski definition) is 1. The van der Waals surface area contributed by atoms with Crippen LogP contribution in [0, 0.1) is 0 Å². The van der Waals surface area contributed by atoms with E-state index in [4.69, 9.17) is 0 Å². The van der Waals surface area contributed by atoms with E-state index >= 15 is 0 Å². The van der Waals surface area contributed by atoms with E-state index < -0.39 is 17.3 Å². The molecule has 5 nitrogen and oxygen atoms in total. The summed E-state index contributed by atoms with van der Waals surface area (Å²) in [6.45, 7) is 5.52. The molecule has 0 aliphatic carbocycles. The number of hydrogen-bond acceptors (Lipinski definition) is 4. The van der Waals surface area contributed by atoms with Crippen LogP contribution in [-0.2, 0) is 4.74 Å². The molecule has 0 amide bonds. The van der Waals surface area contributed by atoms with Crippen LogP contribution in [0.15, 0.2) is 23.6 Å². The Bertz CT molecular complexity index is 487. The van der Waals surface area contributed by atoms with Gasteiger partial charge in [0.2, 0.25) is 0 Å². The molecule has 1 aromatic rings. The third-order valence-electron chi connectivity index (χ3n) is 2.19. The third kappa shape index (κ3) is 2.13. The van der Waals surface area contributed by atoms with Gasteiger partial charge in [0.25, 0.3) is 5.56 Å². The number of methoxy groups -OCH3 is 1. The van der Waals surface area contributed by atoms with Crippen molar-refractivity contribution >= 4 is 11.7 Å². The molecule has 0 spiro atoms. The molecule has 5 heteroatoms. The molecule has 0 saturated carbocycles. The highest BCUT2D eigenvalue weighted by Crippen LogP contribution is 2.16. The lowest BCUT2D eigenvalue weighted by atomic mass is 10.2. The van der Waals surface area contributed by atoms with Crippen LogP contribution >= 0.6 is 0 Å². The zero-order valence-electron chi connectivity index (χ0n) is 9.19. The molecule has 1 heterocycles. The van der Waals surface area contributed by atoms with Crippen LogP contribution in [-0.4, -0.2) is 22.8 Å². The number of aromatic nitrogens is 1. The van der Waals surface area contributed by atoms with Gasteiger partial charge in [0.15, 0.2) is 0 Å². The maximum Gasteiger partial charge on any atom is 0.343 e. The molecule has 1 N–H and O–H groups in total. The first-order valence-electron chi connectivity index (χ1n) is 4.73. The predicted molar refractivity (Wildman–Crippen MR) is 59.3 cm³/mol. The molecule has 0 fully saturated rings. The van der Waals surface area contributed by atoms with Crippen LogP contribution < -0.4 is 5.56 Å². The molecule has 1 rings (SSSR count). The zero-order chi connectivity index (χ0) is 12.3. The Morgan fingerprint density at radius 3 is 2.75 bits per heavy atom. The minimum Gasteiger partial charge on any atom is -0.507 e. The number of allylic oxidation sites excluding steroid dienone is 1. The second-order valence-corrected chi connectivity index (χ2v) is 3.19. The fourth-order valence-electron chi connectivity index (χ4n) is 1.21. The van der Waals surface area contributed by atoms with Gasteiger partial charge in [0.05, 0.1) is 7.11 Å². The molecule has 0 unspecified atom stereocenters. The summed E-state index contributed by atoms with van der Waals surface area (Å²) >= 11 is 0. The van der Waals surface area contributed by atoms with Crippen LogP contribution in [0.1, 0.15) is 23.7 Å². The molecule has 1 aromatic heterocycles. The van der Waals surface area contributed by atoms with E-state index in [-0.39, 0.29) is 5.56 Å². The monoisotopic (exact) mass is 223 g/mol. The van der Waals surface area contributed by atoms with Crippen LogP contribution in [0.4, 0.5) is 0 Å². The van der Waals surface area contributed by atoms with Gasteiger partial charge < -0.3 is 9.84 Å². The van der Waals surface area contributed by atoms with Crippen LogP contribution in [0.5, 0.6) is 5.75 Å². The SMILES string of the molecule is C=C(CC)n1cc(C(=O)OC)c(O)cc1=O. The smallest absolute Gasteiger partial charge is 0.343 e. The Balaban J connectivity index is 3.38. The predicted octanol–water partition coefficient (Wildman–Crippen LogP) is 1.22. The highest BCUT2D eigenvalue weighted by molar-refractivity contribution is 5.92. The van der Waals surface area contributed by atoms with Gasteiger partial charge in [0.1, 0.15) is 11.3 Å². The van der Waals surface area contributed by atoms with Crippen molar-refractivity contribution in [3.8, 4) is 5.75 Å². The molecule has 0 bridgehead atoms. The number of nitrogens with zero attached hydrogens (tertiary/aromatic N) is 1. The molecule has 0 atom stereocenters. The Hall–Kier alpha value is -2.04. The molecular weight excluding hydrogens is 210 g/mol. The van der Waals surface area contributed by atoms with Crippen molar-refractivity contribution < 1.29 is 14.6 Å². The molecule has 86 valence electrons. The van der Waals surface area contributed by atoms with Gasteiger partial charge in [0, 0.05) is 18.0 Å². The molecule has 0 aromatic carbocycles. The number of ether oxygens (including phenoxy) is 1. The van der Waals surface area contributed by atoms with Gasteiger partial charge in [-0.2, -0.15) is 0 Å². The van der Waals surface area contributed by atoms with Crippen molar-refractivity contribution in [3.63, 3.8) is 0 Å². The van der Waals surface area contributed by atoms with Gasteiger partial charge >= 0.3 is 5.97 Å². The molecule has 0 aliphatic rings. The first-order chi connectivity index (χ1) is 7.51. The largest absolute Gasteiger partial charge is 0.507 e. The van der Waals surface area contributed by atoms with Crippen molar-refractivity contribution in [3.05, 3.63) is 34.8 Å². The normalized spacial score (nSPS) is 9.88. The fraction of sp³-hybridized carbons (Fsp3) is 0.273. The molecular formula is C11H13NO4. The number of esters is 1. The maximum atomic E-state index is 11.5. The highest BCUT2D eigenvalue weighted by atomic mass is 16.5. The Morgan fingerprint density at radius 2 is 2.25 bits per heavy atom. The first-order valence-corrected chi connectivity index (χ1v) is 4.73. The summed E-state index contributed by atoms with van der Waals surface area (Å²) in [6.07, 6.45) is 1.79. The van der Waals surface area contributed by atoms with Crippen molar-refractivity contribution in [1.82, 2.24) is 4.57 Å². The summed E-state index contributed by atoms with van der Waals surface area (Å²) in [7, 11) is 1.20. The second kappa shape index (κ2) is 4.65. The topological polar surface area (TPSA) is 68.5 Å². The van der Waals surface area contributed by atoms with Gasteiger partial charge in [-0.15, -0.1) is 0 Å². The maximum absolute atomic E-state index is 11.5. The van der Waals surface area contributed by atoms with E-state index in [1.54, 1.807) is 0 Å². The molecule has 0 aliphatic heterocycles. The van der Waals surface area contributed by atoms with E-state index in [0.717, 1.165) is 6.07 Å². The summed E-state index contributed by atoms with van der Waals surface area (Å²) in [5.41, 5.74) is 0.0452. The fourth-order valence-corrected chi connectivity index (χ4v) is 1.21. The number of carbonyl (C=O) groups excluding carboxylic acids is 1. The summed E-state index contributed by atoms with van der Waals surface area (Å²) in [6, 6.07) is 0.965. The van der Waals surface area contributed by atoms with E-state index in [1.165, 1.54) is 17.9 Å². The summed E-state index contributed by atoms with van der Waals surface area (Å²) < 4.78 is 5.70.